The molecule has 2 amide bonds. The van der Waals surface area contributed by atoms with Crippen LogP contribution in [0, 0.1) is 13.8 Å². The molecular weight excluding hydrogens is 304 g/mol. The first-order chi connectivity index (χ1) is 11.6. The standard InChI is InChI=1S/C18H24N4O2/c1-4-9-21(10-11-23)18(24)19-13-16-7-5-6-8-17(16)22-15(3)12-14(2)20-22/h4-8,12,23H,1,9-11,13H2,2-3H3,(H,19,24). The van der Waals surface area contributed by atoms with Gasteiger partial charge in [-0.2, -0.15) is 5.10 Å². The molecule has 0 fully saturated rings. The second-order valence-electron chi connectivity index (χ2n) is 5.58. The number of nitrogens with one attached hydrogen (secondary N) is 1. The Morgan fingerprint density at radius 3 is 2.79 bits per heavy atom. The third-order valence-electron chi connectivity index (χ3n) is 3.67. The van der Waals surface area contributed by atoms with Crippen LogP contribution in [-0.4, -0.2) is 45.5 Å². The van der Waals surface area contributed by atoms with Gasteiger partial charge in [0.05, 0.1) is 18.0 Å². The maximum atomic E-state index is 12.2. The van der Waals surface area contributed by atoms with Crippen LogP contribution < -0.4 is 5.32 Å². The van der Waals surface area contributed by atoms with Crippen LogP contribution in [0.15, 0.2) is 43.0 Å². The minimum atomic E-state index is -0.230. The first-order valence-corrected chi connectivity index (χ1v) is 7.93. The molecule has 0 aliphatic heterocycles. The molecule has 0 radical (unpaired) electrons. The van der Waals surface area contributed by atoms with Crippen molar-refractivity contribution in [2.75, 3.05) is 19.7 Å². The number of aromatic nitrogens is 2. The molecule has 6 nitrogen and oxygen atoms in total. The van der Waals surface area contributed by atoms with Gasteiger partial charge < -0.3 is 15.3 Å². The van der Waals surface area contributed by atoms with Crippen molar-refractivity contribution in [3.63, 3.8) is 0 Å². The van der Waals surface area contributed by atoms with Gasteiger partial charge in [0.15, 0.2) is 0 Å². The average molecular weight is 328 g/mol. The summed E-state index contributed by atoms with van der Waals surface area (Å²) in [7, 11) is 0. The zero-order chi connectivity index (χ0) is 17.5. The van der Waals surface area contributed by atoms with Gasteiger partial charge in [-0.05, 0) is 31.5 Å². The highest BCUT2D eigenvalue weighted by Crippen LogP contribution is 2.17. The van der Waals surface area contributed by atoms with E-state index in [4.69, 9.17) is 5.11 Å². The van der Waals surface area contributed by atoms with Crippen molar-refractivity contribution in [3.05, 3.63) is 59.9 Å². The molecule has 0 aliphatic rings. The molecule has 128 valence electrons. The summed E-state index contributed by atoms with van der Waals surface area (Å²) in [5.74, 6) is 0. The Hall–Kier alpha value is -2.60. The fourth-order valence-corrected chi connectivity index (χ4v) is 2.57. The predicted octanol–water partition coefficient (Wildman–Crippen LogP) is 2.18. The number of carbonyl (C=O) groups excluding carboxylic acids is 1. The summed E-state index contributed by atoms with van der Waals surface area (Å²) in [6, 6.07) is 9.62. The van der Waals surface area contributed by atoms with E-state index < -0.39 is 0 Å². The molecule has 0 spiro atoms. The van der Waals surface area contributed by atoms with Crippen LogP contribution in [0.5, 0.6) is 0 Å². The summed E-state index contributed by atoms with van der Waals surface area (Å²) in [4.78, 5) is 13.8. The fraction of sp³-hybridized carbons (Fsp3) is 0.333. The van der Waals surface area contributed by atoms with Gasteiger partial charge in [-0.15, -0.1) is 6.58 Å². The molecule has 0 atom stereocenters. The van der Waals surface area contributed by atoms with Crippen molar-refractivity contribution < 1.29 is 9.90 Å². The Morgan fingerprint density at radius 2 is 2.17 bits per heavy atom. The number of aliphatic hydroxyl groups is 1. The molecular formula is C18H24N4O2. The molecule has 0 aliphatic carbocycles. The van der Waals surface area contributed by atoms with E-state index in [1.807, 2.05) is 48.9 Å². The number of hydrogen-bond acceptors (Lipinski definition) is 3. The lowest BCUT2D eigenvalue weighted by Crippen LogP contribution is -2.41. The van der Waals surface area contributed by atoms with Crippen molar-refractivity contribution >= 4 is 6.03 Å². The summed E-state index contributed by atoms with van der Waals surface area (Å²) in [6.07, 6.45) is 1.64. The number of carbonyl (C=O) groups is 1. The normalized spacial score (nSPS) is 10.5. The van der Waals surface area contributed by atoms with Gasteiger partial charge in [0.2, 0.25) is 0 Å². The molecule has 1 heterocycles. The van der Waals surface area contributed by atoms with Crippen LogP contribution in [0.1, 0.15) is 17.0 Å². The highest BCUT2D eigenvalue weighted by atomic mass is 16.3. The molecule has 24 heavy (non-hydrogen) atoms. The van der Waals surface area contributed by atoms with Gasteiger partial charge in [-0.25, -0.2) is 9.48 Å². The van der Waals surface area contributed by atoms with Gasteiger partial charge in [0, 0.05) is 25.3 Å². The lowest BCUT2D eigenvalue weighted by atomic mass is 10.1. The third kappa shape index (κ3) is 4.23. The molecule has 6 heteroatoms. The van der Waals surface area contributed by atoms with Crippen LogP contribution in [0.2, 0.25) is 0 Å². The number of amides is 2. The third-order valence-corrected chi connectivity index (χ3v) is 3.67. The van der Waals surface area contributed by atoms with Crippen molar-refractivity contribution in [1.29, 1.82) is 0 Å². The fourth-order valence-electron chi connectivity index (χ4n) is 2.57. The molecule has 2 N–H and O–H groups in total. The number of benzene rings is 1. The van der Waals surface area contributed by atoms with E-state index in [0.717, 1.165) is 22.6 Å². The topological polar surface area (TPSA) is 70.4 Å². The molecule has 2 aromatic rings. The Morgan fingerprint density at radius 1 is 1.42 bits per heavy atom. The van der Waals surface area contributed by atoms with Gasteiger partial charge in [0.1, 0.15) is 0 Å². The molecule has 0 unspecified atom stereocenters. The molecule has 2 rings (SSSR count). The number of aryl methyl sites for hydroxylation is 2. The molecule has 0 saturated carbocycles. The second-order valence-corrected chi connectivity index (χ2v) is 5.58. The highest BCUT2D eigenvalue weighted by molar-refractivity contribution is 5.74. The maximum absolute atomic E-state index is 12.2. The number of para-hydroxylation sites is 1. The van der Waals surface area contributed by atoms with Crippen molar-refractivity contribution in [2.45, 2.75) is 20.4 Å². The number of rotatable bonds is 7. The first kappa shape index (κ1) is 17.7. The van der Waals surface area contributed by atoms with Crippen molar-refractivity contribution in [1.82, 2.24) is 20.0 Å². The van der Waals surface area contributed by atoms with E-state index in [9.17, 15) is 4.79 Å². The lowest BCUT2D eigenvalue weighted by Gasteiger charge is -2.21. The van der Waals surface area contributed by atoms with Crippen LogP contribution >= 0.6 is 0 Å². The highest BCUT2D eigenvalue weighted by Gasteiger charge is 2.13. The zero-order valence-corrected chi connectivity index (χ0v) is 14.2. The van der Waals surface area contributed by atoms with E-state index in [1.165, 1.54) is 4.90 Å². The van der Waals surface area contributed by atoms with Crippen LogP contribution in [0.4, 0.5) is 4.79 Å². The summed E-state index contributed by atoms with van der Waals surface area (Å²) in [5, 5.41) is 16.5. The monoisotopic (exact) mass is 328 g/mol. The Labute approximate surface area is 142 Å². The van der Waals surface area contributed by atoms with E-state index in [0.29, 0.717) is 13.1 Å². The first-order valence-electron chi connectivity index (χ1n) is 7.93. The Bertz CT molecular complexity index is 709. The zero-order valence-electron chi connectivity index (χ0n) is 14.2. The van der Waals surface area contributed by atoms with Gasteiger partial charge in [0.25, 0.3) is 0 Å². The minimum absolute atomic E-state index is 0.0798. The maximum Gasteiger partial charge on any atom is 0.318 e. The van der Waals surface area contributed by atoms with E-state index >= 15 is 0 Å². The van der Waals surface area contributed by atoms with E-state index in [1.54, 1.807) is 6.08 Å². The Balaban J connectivity index is 2.15. The summed E-state index contributed by atoms with van der Waals surface area (Å²) in [6.45, 7) is 8.56. The molecule has 0 bridgehead atoms. The van der Waals surface area contributed by atoms with Crippen LogP contribution in [0.25, 0.3) is 5.69 Å². The van der Waals surface area contributed by atoms with E-state index in [2.05, 4.69) is 17.0 Å². The summed E-state index contributed by atoms with van der Waals surface area (Å²) < 4.78 is 1.88. The van der Waals surface area contributed by atoms with Gasteiger partial charge >= 0.3 is 6.03 Å². The van der Waals surface area contributed by atoms with Gasteiger partial charge in [-0.1, -0.05) is 24.3 Å². The summed E-state index contributed by atoms with van der Waals surface area (Å²) >= 11 is 0. The number of nitrogens with zero attached hydrogens (tertiary/aromatic N) is 3. The van der Waals surface area contributed by atoms with Crippen LogP contribution in [-0.2, 0) is 6.54 Å². The molecule has 0 saturated heterocycles. The molecule has 1 aromatic carbocycles. The van der Waals surface area contributed by atoms with E-state index in [-0.39, 0.29) is 19.2 Å². The molecule has 1 aromatic heterocycles. The van der Waals surface area contributed by atoms with Crippen molar-refractivity contribution in [2.24, 2.45) is 0 Å². The summed E-state index contributed by atoms with van der Waals surface area (Å²) in [5.41, 5.74) is 3.91. The minimum Gasteiger partial charge on any atom is -0.395 e. The van der Waals surface area contributed by atoms with Crippen molar-refractivity contribution in [3.8, 4) is 5.69 Å². The predicted molar refractivity (Wildman–Crippen MR) is 94.1 cm³/mol. The largest absolute Gasteiger partial charge is 0.395 e. The lowest BCUT2D eigenvalue weighted by molar-refractivity contribution is 0.183. The van der Waals surface area contributed by atoms with Crippen LogP contribution in [0.3, 0.4) is 0 Å². The quantitative estimate of drug-likeness (QED) is 0.765. The smallest absolute Gasteiger partial charge is 0.318 e. The van der Waals surface area contributed by atoms with Gasteiger partial charge in [-0.3, -0.25) is 0 Å². The average Bonchev–Trinajstić information content (AvgIpc) is 2.91. The second kappa shape index (κ2) is 8.31. The number of aliphatic hydroxyl groups excluding tert-OH is 1. The number of urea groups is 1. The number of hydrogen-bond donors (Lipinski definition) is 2. The SMILES string of the molecule is C=CCN(CCO)C(=O)NCc1ccccc1-n1nc(C)cc1C. The Kier molecular flexibility index (Phi) is 6.14.